The molecule has 0 spiro atoms. The molecule has 1 aliphatic rings. The van der Waals surface area contributed by atoms with Gasteiger partial charge in [-0.2, -0.15) is 4.68 Å². The second-order valence-corrected chi connectivity index (χ2v) is 8.00. The molecule has 1 aliphatic heterocycles. The van der Waals surface area contributed by atoms with E-state index in [2.05, 4.69) is 15.5 Å². The van der Waals surface area contributed by atoms with Gasteiger partial charge >= 0.3 is 6.09 Å². The maximum atomic E-state index is 12.8. The third kappa shape index (κ3) is 3.66. The minimum atomic E-state index is -0.790. The number of hydrogen-bond donors (Lipinski definition) is 0. The van der Waals surface area contributed by atoms with Crippen LogP contribution in [-0.4, -0.2) is 49.1 Å². The molecule has 0 radical (unpaired) electrons. The summed E-state index contributed by atoms with van der Waals surface area (Å²) in [5.41, 5.74) is 0.0961. The van der Waals surface area contributed by atoms with E-state index in [-0.39, 0.29) is 6.04 Å². The SMILES string of the molecule is CC(C)(C)OC(=O)N1[C@@H](c2ccc(Cl)c(-n3cnnn3)c2)COC1(C)C. The molecule has 1 aromatic heterocycles. The summed E-state index contributed by atoms with van der Waals surface area (Å²) in [5, 5.41) is 11.7. The van der Waals surface area contributed by atoms with Crippen LogP contribution in [0.4, 0.5) is 4.79 Å². The smallest absolute Gasteiger partial charge is 0.413 e. The van der Waals surface area contributed by atoms with Crippen molar-refractivity contribution in [3.63, 3.8) is 0 Å². The summed E-state index contributed by atoms with van der Waals surface area (Å²) < 4.78 is 12.9. The highest BCUT2D eigenvalue weighted by molar-refractivity contribution is 6.32. The maximum absolute atomic E-state index is 12.8. The van der Waals surface area contributed by atoms with Crippen LogP contribution in [0.1, 0.15) is 46.2 Å². The predicted octanol–water partition coefficient (Wildman–Crippen LogP) is 3.36. The monoisotopic (exact) mass is 379 g/mol. The molecular formula is C17H22ClN5O3. The number of carbonyl (C=O) groups excluding carboxylic acids is 1. The Morgan fingerprint density at radius 1 is 1.38 bits per heavy atom. The fourth-order valence-electron chi connectivity index (χ4n) is 2.89. The quantitative estimate of drug-likeness (QED) is 0.795. The average molecular weight is 380 g/mol. The molecule has 140 valence electrons. The minimum absolute atomic E-state index is 0.313. The van der Waals surface area contributed by atoms with Gasteiger partial charge in [0, 0.05) is 0 Å². The van der Waals surface area contributed by atoms with Crippen LogP contribution in [0.5, 0.6) is 0 Å². The second-order valence-electron chi connectivity index (χ2n) is 7.59. The number of carbonyl (C=O) groups is 1. The zero-order chi connectivity index (χ0) is 19.1. The number of aromatic nitrogens is 4. The van der Waals surface area contributed by atoms with Gasteiger partial charge in [0.2, 0.25) is 0 Å². The van der Waals surface area contributed by atoms with E-state index in [0.29, 0.717) is 17.3 Å². The Bertz CT molecular complexity index is 801. The lowest BCUT2D eigenvalue weighted by atomic mass is 10.0. The van der Waals surface area contributed by atoms with Crippen molar-refractivity contribution >= 4 is 17.7 Å². The van der Waals surface area contributed by atoms with E-state index in [1.54, 1.807) is 11.0 Å². The van der Waals surface area contributed by atoms with Gasteiger partial charge in [-0.15, -0.1) is 5.10 Å². The first-order valence-corrected chi connectivity index (χ1v) is 8.65. The molecule has 0 bridgehead atoms. The third-order valence-corrected chi connectivity index (χ3v) is 4.35. The fraction of sp³-hybridized carbons (Fsp3) is 0.529. The van der Waals surface area contributed by atoms with Gasteiger partial charge in [-0.05, 0) is 62.7 Å². The third-order valence-electron chi connectivity index (χ3n) is 4.03. The zero-order valence-corrected chi connectivity index (χ0v) is 16.2. The Morgan fingerprint density at radius 3 is 2.73 bits per heavy atom. The summed E-state index contributed by atoms with van der Waals surface area (Å²) >= 11 is 6.28. The number of hydrogen-bond acceptors (Lipinski definition) is 6. The van der Waals surface area contributed by atoms with Crippen molar-refractivity contribution in [2.75, 3.05) is 6.61 Å². The molecule has 0 saturated carbocycles. The van der Waals surface area contributed by atoms with Gasteiger partial charge in [0.1, 0.15) is 17.7 Å². The van der Waals surface area contributed by atoms with Crippen LogP contribution in [0.3, 0.4) is 0 Å². The van der Waals surface area contributed by atoms with Crippen LogP contribution in [0.25, 0.3) is 5.69 Å². The molecule has 26 heavy (non-hydrogen) atoms. The summed E-state index contributed by atoms with van der Waals surface area (Å²) in [7, 11) is 0. The number of nitrogens with zero attached hydrogens (tertiary/aromatic N) is 5. The number of ether oxygens (including phenoxy) is 2. The lowest BCUT2D eigenvalue weighted by Crippen LogP contribution is -2.47. The Morgan fingerprint density at radius 2 is 2.12 bits per heavy atom. The van der Waals surface area contributed by atoms with E-state index in [1.165, 1.54) is 11.0 Å². The standard InChI is InChI=1S/C17H22ClN5O3/c1-16(2,3)26-15(24)23-14(9-25-17(23,4)5)11-6-7-12(18)13(8-11)22-10-19-20-21-22/h6-8,10,14H,9H2,1-5H3/t14-/m1/s1. The molecule has 8 nitrogen and oxygen atoms in total. The highest BCUT2D eigenvalue weighted by atomic mass is 35.5. The topological polar surface area (TPSA) is 82.4 Å². The van der Waals surface area contributed by atoms with Crippen molar-refractivity contribution in [3.8, 4) is 5.69 Å². The number of rotatable bonds is 2. The Balaban J connectivity index is 1.97. The van der Waals surface area contributed by atoms with Crippen molar-refractivity contribution in [2.24, 2.45) is 0 Å². The van der Waals surface area contributed by atoms with E-state index in [1.807, 2.05) is 46.8 Å². The van der Waals surface area contributed by atoms with Crippen molar-refractivity contribution in [1.29, 1.82) is 0 Å². The maximum Gasteiger partial charge on any atom is 0.413 e. The van der Waals surface area contributed by atoms with Crippen LogP contribution in [0, 0.1) is 0 Å². The molecule has 2 heterocycles. The van der Waals surface area contributed by atoms with E-state index >= 15 is 0 Å². The lowest BCUT2D eigenvalue weighted by molar-refractivity contribution is -0.0626. The van der Waals surface area contributed by atoms with Gasteiger partial charge in [0.25, 0.3) is 0 Å². The molecule has 1 atom stereocenters. The van der Waals surface area contributed by atoms with Crippen LogP contribution in [0.15, 0.2) is 24.5 Å². The highest BCUT2D eigenvalue weighted by Crippen LogP contribution is 2.39. The van der Waals surface area contributed by atoms with Crippen LogP contribution in [-0.2, 0) is 9.47 Å². The molecule has 0 N–H and O–H groups in total. The van der Waals surface area contributed by atoms with Crippen molar-refractivity contribution in [3.05, 3.63) is 35.1 Å². The van der Waals surface area contributed by atoms with E-state index < -0.39 is 17.4 Å². The molecule has 1 fully saturated rings. The Hall–Kier alpha value is -2.19. The molecule has 2 aromatic rings. The normalized spacial score (nSPS) is 19.6. The molecule has 0 unspecified atom stereocenters. The van der Waals surface area contributed by atoms with Gasteiger partial charge in [-0.25, -0.2) is 4.79 Å². The first-order valence-electron chi connectivity index (χ1n) is 8.27. The molecular weight excluding hydrogens is 358 g/mol. The lowest BCUT2D eigenvalue weighted by Gasteiger charge is -2.35. The first-order chi connectivity index (χ1) is 12.1. The fourth-order valence-corrected chi connectivity index (χ4v) is 3.09. The summed E-state index contributed by atoms with van der Waals surface area (Å²) in [6.45, 7) is 9.54. The van der Waals surface area contributed by atoms with Crippen LogP contribution >= 0.6 is 11.6 Å². The number of benzene rings is 1. The van der Waals surface area contributed by atoms with E-state index in [9.17, 15) is 4.79 Å². The Labute approximate surface area is 157 Å². The van der Waals surface area contributed by atoms with Gasteiger partial charge in [0.05, 0.1) is 23.4 Å². The number of halogens is 1. The van der Waals surface area contributed by atoms with Crippen LogP contribution < -0.4 is 0 Å². The zero-order valence-electron chi connectivity index (χ0n) is 15.4. The first kappa shape index (κ1) is 18.6. The van der Waals surface area contributed by atoms with Gasteiger partial charge in [-0.3, -0.25) is 4.90 Å². The minimum Gasteiger partial charge on any atom is -0.444 e. The molecule has 9 heteroatoms. The van der Waals surface area contributed by atoms with Crippen molar-refractivity contribution in [2.45, 2.75) is 52.0 Å². The Kier molecular flexibility index (Phi) is 4.66. The molecule has 0 aliphatic carbocycles. The average Bonchev–Trinajstić information content (AvgIpc) is 3.13. The van der Waals surface area contributed by atoms with Crippen molar-refractivity contribution < 1.29 is 14.3 Å². The second kappa shape index (κ2) is 6.51. The summed E-state index contributed by atoms with van der Waals surface area (Å²) in [4.78, 5) is 14.4. The van der Waals surface area contributed by atoms with E-state index in [4.69, 9.17) is 21.1 Å². The van der Waals surface area contributed by atoms with E-state index in [0.717, 1.165) is 5.56 Å². The van der Waals surface area contributed by atoms with Crippen LogP contribution in [0.2, 0.25) is 5.02 Å². The van der Waals surface area contributed by atoms with Gasteiger partial charge < -0.3 is 9.47 Å². The van der Waals surface area contributed by atoms with Gasteiger partial charge in [0.15, 0.2) is 0 Å². The molecule has 1 aromatic carbocycles. The number of amides is 1. The summed E-state index contributed by atoms with van der Waals surface area (Å²) in [6, 6.07) is 5.16. The predicted molar refractivity (Wildman–Crippen MR) is 95.0 cm³/mol. The summed E-state index contributed by atoms with van der Waals surface area (Å²) in [6.07, 6.45) is 1.04. The molecule has 1 amide bonds. The molecule has 3 rings (SSSR count). The highest BCUT2D eigenvalue weighted by Gasteiger charge is 2.46. The summed E-state index contributed by atoms with van der Waals surface area (Å²) in [5.74, 6) is 0. The molecule has 1 saturated heterocycles. The largest absolute Gasteiger partial charge is 0.444 e. The number of tetrazole rings is 1. The van der Waals surface area contributed by atoms with Gasteiger partial charge in [-0.1, -0.05) is 17.7 Å². The van der Waals surface area contributed by atoms with Crippen molar-refractivity contribution in [1.82, 2.24) is 25.1 Å².